The third-order valence-corrected chi connectivity index (χ3v) is 6.83. The number of thiophene rings is 1. The highest BCUT2D eigenvalue weighted by molar-refractivity contribution is 7.15. The van der Waals surface area contributed by atoms with Crippen molar-refractivity contribution in [2.24, 2.45) is 24.3 Å². The highest BCUT2D eigenvalue weighted by Gasteiger charge is 2.34. The number of esters is 1. The molecule has 0 aliphatic heterocycles. The summed E-state index contributed by atoms with van der Waals surface area (Å²) in [5.41, 5.74) is 0.0532. The zero-order valence-electron chi connectivity index (χ0n) is 20.2. The molecule has 3 rings (SSSR count). The first kappa shape index (κ1) is 24.8. The largest absolute Gasteiger partial charge is 0.465 e. The van der Waals surface area contributed by atoms with Crippen LogP contribution in [0.3, 0.4) is 0 Å². The van der Waals surface area contributed by atoms with Gasteiger partial charge in [-0.1, -0.05) is 18.8 Å². The van der Waals surface area contributed by atoms with Crippen molar-refractivity contribution in [2.75, 3.05) is 12.0 Å². The van der Waals surface area contributed by atoms with Gasteiger partial charge in [0.05, 0.1) is 17.7 Å². The van der Waals surface area contributed by atoms with Crippen LogP contribution in [-0.4, -0.2) is 23.6 Å². The smallest absolute Gasteiger partial charge is 0.350 e. The van der Waals surface area contributed by atoms with Crippen LogP contribution in [0.25, 0.3) is 0 Å². The summed E-state index contributed by atoms with van der Waals surface area (Å²) in [5, 5.41) is 0. The number of aromatic nitrogens is 1. The lowest BCUT2D eigenvalue weighted by Crippen LogP contribution is -2.38. The minimum Gasteiger partial charge on any atom is -0.465 e. The van der Waals surface area contributed by atoms with Gasteiger partial charge in [0.2, 0.25) is 5.91 Å². The van der Waals surface area contributed by atoms with E-state index in [9.17, 15) is 14.4 Å². The summed E-state index contributed by atoms with van der Waals surface area (Å²) < 4.78 is 6.45. The van der Waals surface area contributed by atoms with Crippen molar-refractivity contribution in [3.05, 3.63) is 44.5 Å². The van der Waals surface area contributed by atoms with Crippen LogP contribution in [0.4, 0.5) is 11.4 Å². The van der Waals surface area contributed by atoms with Crippen molar-refractivity contribution in [3.8, 4) is 11.8 Å². The maximum absolute atomic E-state index is 13.9. The summed E-state index contributed by atoms with van der Waals surface area (Å²) >= 11 is 1.18. The zero-order valence-corrected chi connectivity index (χ0v) is 21.0. The van der Waals surface area contributed by atoms with Gasteiger partial charge in [-0.25, -0.2) is 4.79 Å². The number of carbonyl (C=O) groups is 2. The van der Waals surface area contributed by atoms with Crippen LogP contribution in [-0.2, 0) is 16.6 Å². The molecule has 0 spiro atoms. The molecule has 2 aromatic heterocycles. The number of ether oxygens (including phenoxy) is 1. The molecule has 2 heterocycles. The highest BCUT2D eigenvalue weighted by Crippen LogP contribution is 2.38. The van der Waals surface area contributed by atoms with Gasteiger partial charge in [0.1, 0.15) is 10.6 Å². The molecule has 7 heteroatoms. The number of methoxy groups -OCH3 is 1. The zero-order chi connectivity index (χ0) is 24.3. The Labute approximate surface area is 199 Å². The number of hydrogen-bond acceptors (Lipinski definition) is 5. The molecule has 0 radical (unpaired) electrons. The molecule has 1 amide bonds. The second kappa shape index (κ2) is 9.96. The van der Waals surface area contributed by atoms with Crippen molar-refractivity contribution in [1.82, 2.24) is 4.57 Å². The molecule has 0 unspecified atom stereocenters. The van der Waals surface area contributed by atoms with Gasteiger partial charge in [-0.2, -0.15) is 0 Å². The Hall–Kier alpha value is -2.85. The van der Waals surface area contributed by atoms with E-state index < -0.39 is 5.97 Å². The van der Waals surface area contributed by atoms with E-state index in [0.717, 1.165) is 25.7 Å². The molecule has 1 fully saturated rings. The van der Waals surface area contributed by atoms with Crippen LogP contribution in [0, 0.1) is 29.1 Å². The fourth-order valence-electron chi connectivity index (χ4n) is 3.91. The predicted molar refractivity (Wildman–Crippen MR) is 132 cm³/mol. The van der Waals surface area contributed by atoms with Gasteiger partial charge >= 0.3 is 5.97 Å². The van der Waals surface area contributed by atoms with Gasteiger partial charge in [-0.3, -0.25) is 14.5 Å². The lowest BCUT2D eigenvalue weighted by atomic mass is 9.82. The fourth-order valence-corrected chi connectivity index (χ4v) is 4.82. The average Bonchev–Trinajstić information content (AvgIpc) is 3.19. The highest BCUT2D eigenvalue weighted by atomic mass is 32.1. The minimum absolute atomic E-state index is 0.163. The molecule has 1 aliphatic carbocycles. The SMILES string of the molecule is COC(=O)c1sc(C#CC(C)(C)C)cc1N(c1cccn(C)c1=O)C(=O)[C@H]1CC[C@H](C)CC1. The van der Waals surface area contributed by atoms with Gasteiger partial charge in [-0.15, -0.1) is 11.3 Å². The molecular weight excluding hydrogens is 436 g/mol. The number of nitrogens with zero attached hydrogens (tertiary/aromatic N) is 2. The lowest BCUT2D eigenvalue weighted by Gasteiger charge is -2.31. The van der Waals surface area contributed by atoms with Gasteiger partial charge in [-0.05, 0) is 70.6 Å². The van der Waals surface area contributed by atoms with Crippen LogP contribution in [0.2, 0.25) is 0 Å². The van der Waals surface area contributed by atoms with E-state index in [2.05, 4.69) is 18.8 Å². The summed E-state index contributed by atoms with van der Waals surface area (Å²) in [6.07, 6.45) is 5.10. The monoisotopic (exact) mass is 468 g/mol. The molecule has 0 atom stereocenters. The van der Waals surface area contributed by atoms with Crippen LogP contribution in [0.15, 0.2) is 29.2 Å². The van der Waals surface area contributed by atoms with E-state index in [-0.39, 0.29) is 33.4 Å². The van der Waals surface area contributed by atoms with E-state index in [1.54, 1.807) is 31.4 Å². The Morgan fingerprint density at radius 2 is 1.85 bits per heavy atom. The van der Waals surface area contributed by atoms with Crippen molar-refractivity contribution in [1.29, 1.82) is 0 Å². The number of rotatable bonds is 4. The van der Waals surface area contributed by atoms with Crippen molar-refractivity contribution >= 4 is 34.6 Å². The molecule has 6 nitrogen and oxygen atoms in total. The average molecular weight is 469 g/mol. The number of anilines is 2. The number of pyridine rings is 1. The molecule has 1 saturated carbocycles. The quantitative estimate of drug-likeness (QED) is 0.461. The van der Waals surface area contributed by atoms with Crippen LogP contribution < -0.4 is 10.5 Å². The predicted octanol–water partition coefficient (Wildman–Crippen LogP) is 5.12. The molecule has 0 saturated heterocycles. The van der Waals surface area contributed by atoms with E-state index in [1.807, 2.05) is 20.8 Å². The molecule has 0 aromatic carbocycles. The molecule has 0 bridgehead atoms. The Morgan fingerprint density at radius 3 is 2.45 bits per heavy atom. The molecule has 0 N–H and O–H groups in total. The topological polar surface area (TPSA) is 68.6 Å². The van der Waals surface area contributed by atoms with E-state index in [4.69, 9.17) is 4.74 Å². The third-order valence-electron chi connectivity index (χ3n) is 5.81. The molecule has 2 aromatic rings. The van der Waals surface area contributed by atoms with Crippen molar-refractivity contribution in [2.45, 2.75) is 53.4 Å². The normalized spacial score (nSPS) is 18.2. The number of carbonyl (C=O) groups excluding carboxylic acids is 2. The minimum atomic E-state index is -0.554. The van der Waals surface area contributed by atoms with Gasteiger partial charge in [0.15, 0.2) is 0 Å². The molecular formula is C26H32N2O4S. The summed E-state index contributed by atoms with van der Waals surface area (Å²) in [6, 6.07) is 5.08. The van der Waals surface area contributed by atoms with E-state index in [1.165, 1.54) is 27.9 Å². The summed E-state index contributed by atoms with van der Waals surface area (Å²) in [5.74, 6) is 5.95. The standard InChI is InChI=1S/C26H32N2O4S/c1-17-9-11-18(12-10-17)23(29)28(20-8-7-15-27(5)24(20)30)21-16-19(13-14-26(2,3)4)33-22(21)25(31)32-6/h7-8,15-18H,9-12H2,1-6H3/t17-,18-. The first-order valence-electron chi connectivity index (χ1n) is 11.3. The summed E-state index contributed by atoms with van der Waals surface area (Å²) in [7, 11) is 2.95. The maximum atomic E-state index is 13.9. The number of hydrogen-bond donors (Lipinski definition) is 0. The Kier molecular flexibility index (Phi) is 7.48. The van der Waals surface area contributed by atoms with E-state index in [0.29, 0.717) is 16.5 Å². The lowest BCUT2D eigenvalue weighted by molar-refractivity contribution is -0.122. The van der Waals surface area contributed by atoms with Crippen LogP contribution in [0.1, 0.15) is 67.9 Å². The first-order valence-corrected chi connectivity index (χ1v) is 12.1. The van der Waals surface area contributed by atoms with Crippen LogP contribution in [0.5, 0.6) is 0 Å². The van der Waals surface area contributed by atoms with Gasteiger partial charge in [0.25, 0.3) is 5.56 Å². The van der Waals surface area contributed by atoms with E-state index >= 15 is 0 Å². The van der Waals surface area contributed by atoms with Crippen LogP contribution >= 0.6 is 11.3 Å². The second-order valence-electron chi connectivity index (χ2n) is 9.76. The second-order valence-corrected chi connectivity index (χ2v) is 10.8. The van der Waals surface area contributed by atoms with Crippen molar-refractivity contribution in [3.63, 3.8) is 0 Å². The Bertz CT molecular complexity index is 1150. The first-order chi connectivity index (χ1) is 15.5. The summed E-state index contributed by atoms with van der Waals surface area (Å²) in [6.45, 7) is 8.20. The molecule has 33 heavy (non-hydrogen) atoms. The Balaban J connectivity index is 2.19. The van der Waals surface area contributed by atoms with Gasteiger partial charge < -0.3 is 9.30 Å². The maximum Gasteiger partial charge on any atom is 0.350 e. The van der Waals surface area contributed by atoms with Gasteiger partial charge in [0, 0.05) is 24.6 Å². The third kappa shape index (κ3) is 5.75. The number of aryl methyl sites for hydroxylation is 1. The molecule has 176 valence electrons. The Morgan fingerprint density at radius 1 is 1.18 bits per heavy atom. The molecule has 1 aliphatic rings. The number of amides is 1. The fraction of sp³-hybridized carbons (Fsp3) is 0.500. The van der Waals surface area contributed by atoms with Crippen molar-refractivity contribution < 1.29 is 14.3 Å². The summed E-state index contributed by atoms with van der Waals surface area (Å²) in [4.78, 5) is 41.9.